The zero-order valence-electron chi connectivity index (χ0n) is 8.63. The monoisotopic (exact) mass is 300 g/mol. The molecular formula is C11H10BrClN2O. The highest BCUT2D eigenvalue weighted by Crippen LogP contribution is 2.34. The Labute approximate surface area is 107 Å². The van der Waals surface area contributed by atoms with Crippen molar-refractivity contribution >= 4 is 33.4 Å². The molecule has 0 saturated heterocycles. The van der Waals surface area contributed by atoms with Crippen molar-refractivity contribution in [2.45, 2.75) is 13.3 Å². The summed E-state index contributed by atoms with van der Waals surface area (Å²) >= 11 is 9.33. The highest BCUT2D eigenvalue weighted by molar-refractivity contribution is 9.10. The number of nitrogens with two attached hydrogens (primary N) is 1. The molecule has 0 aliphatic rings. The maximum absolute atomic E-state index is 5.88. The molecule has 0 bridgehead atoms. The molecule has 3 nitrogen and oxygen atoms in total. The molecule has 5 heteroatoms. The summed E-state index contributed by atoms with van der Waals surface area (Å²) in [5, 5.41) is 4.65. The van der Waals surface area contributed by atoms with Crippen LogP contribution in [0.25, 0.3) is 11.3 Å². The van der Waals surface area contributed by atoms with E-state index in [0.717, 1.165) is 27.7 Å². The van der Waals surface area contributed by atoms with Crippen molar-refractivity contribution in [2.24, 2.45) is 0 Å². The van der Waals surface area contributed by atoms with E-state index in [4.69, 9.17) is 21.9 Å². The van der Waals surface area contributed by atoms with Crippen LogP contribution in [-0.2, 0) is 6.42 Å². The fourth-order valence-electron chi connectivity index (χ4n) is 1.56. The zero-order valence-corrected chi connectivity index (χ0v) is 11.0. The summed E-state index contributed by atoms with van der Waals surface area (Å²) < 4.78 is 5.88. The lowest BCUT2D eigenvalue weighted by atomic mass is 10.1. The van der Waals surface area contributed by atoms with Crippen LogP contribution in [0.1, 0.15) is 12.5 Å². The molecule has 2 N–H and O–H groups in total. The van der Waals surface area contributed by atoms with Crippen LogP contribution in [0.2, 0.25) is 5.02 Å². The van der Waals surface area contributed by atoms with Gasteiger partial charge in [-0.15, -0.1) is 0 Å². The van der Waals surface area contributed by atoms with Gasteiger partial charge in [0.05, 0.1) is 0 Å². The minimum Gasteiger partial charge on any atom is -0.367 e. The molecule has 84 valence electrons. The highest BCUT2D eigenvalue weighted by atomic mass is 79.9. The summed E-state index contributed by atoms with van der Waals surface area (Å²) in [5.41, 5.74) is 8.32. The van der Waals surface area contributed by atoms with Crippen molar-refractivity contribution in [3.8, 4) is 11.3 Å². The molecule has 16 heavy (non-hydrogen) atoms. The molecule has 0 fully saturated rings. The van der Waals surface area contributed by atoms with Crippen LogP contribution < -0.4 is 5.73 Å². The van der Waals surface area contributed by atoms with Gasteiger partial charge in [-0.3, -0.25) is 0 Å². The molecular weight excluding hydrogens is 291 g/mol. The van der Waals surface area contributed by atoms with Crippen molar-refractivity contribution in [1.82, 2.24) is 5.16 Å². The first kappa shape index (κ1) is 11.5. The van der Waals surface area contributed by atoms with Gasteiger partial charge in [-0.1, -0.05) is 45.7 Å². The van der Waals surface area contributed by atoms with E-state index < -0.39 is 0 Å². The van der Waals surface area contributed by atoms with E-state index in [-0.39, 0.29) is 0 Å². The summed E-state index contributed by atoms with van der Waals surface area (Å²) in [5.74, 6) is 0.374. The van der Waals surface area contributed by atoms with Gasteiger partial charge in [0.15, 0.2) is 0 Å². The molecule has 2 rings (SSSR count). The Bertz CT molecular complexity index is 525. The normalized spacial score (nSPS) is 10.7. The average Bonchev–Trinajstić information content (AvgIpc) is 2.59. The average molecular weight is 302 g/mol. The standard InChI is InChI=1S/C11H10BrClN2O/c1-2-7-10(15-16-11(7)14)8-4-3-6(13)5-9(8)12/h3-5H,2,14H2,1H3. The van der Waals surface area contributed by atoms with E-state index in [1.807, 2.05) is 25.1 Å². The lowest BCUT2D eigenvalue weighted by Gasteiger charge is -2.03. The van der Waals surface area contributed by atoms with Crippen LogP contribution in [0.5, 0.6) is 0 Å². The summed E-state index contributed by atoms with van der Waals surface area (Å²) in [6, 6.07) is 5.52. The first-order chi connectivity index (χ1) is 7.63. The van der Waals surface area contributed by atoms with E-state index >= 15 is 0 Å². The topological polar surface area (TPSA) is 52.0 Å². The predicted octanol–water partition coefficient (Wildman–Crippen LogP) is 3.90. The summed E-state index contributed by atoms with van der Waals surface area (Å²) in [4.78, 5) is 0. The van der Waals surface area contributed by atoms with Gasteiger partial charge in [-0.05, 0) is 18.6 Å². The van der Waals surface area contributed by atoms with Crippen LogP contribution in [0.4, 0.5) is 5.88 Å². The van der Waals surface area contributed by atoms with E-state index in [9.17, 15) is 0 Å². The fraction of sp³-hybridized carbons (Fsp3) is 0.182. The van der Waals surface area contributed by atoms with Gasteiger partial charge in [0.25, 0.3) is 0 Å². The minimum absolute atomic E-state index is 0.374. The van der Waals surface area contributed by atoms with Gasteiger partial charge in [-0.25, -0.2) is 0 Å². The molecule has 0 radical (unpaired) electrons. The summed E-state index contributed by atoms with van der Waals surface area (Å²) in [7, 11) is 0. The second-order valence-electron chi connectivity index (χ2n) is 3.35. The number of hydrogen-bond acceptors (Lipinski definition) is 3. The molecule has 0 amide bonds. The quantitative estimate of drug-likeness (QED) is 0.915. The van der Waals surface area contributed by atoms with Crippen molar-refractivity contribution in [2.75, 3.05) is 5.73 Å². The molecule has 1 aromatic heterocycles. The van der Waals surface area contributed by atoms with Crippen molar-refractivity contribution in [3.63, 3.8) is 0 Å². The molecule has 1 heterocycles. The predicted molar refractivity (Wildman–Crippen MR) is 68.4 cm³/mol. The second-order valence-corrected chi connectivity index (χ2v) is 4.64. The van der Waals surface area contributed by atoms with E-state index in [1.54, 1.807) is 0 Å². The van der Waals surface area contributed by atoms with Gasteiger partial charge in [0.2, 0.25) is 5.88 Å². The lowest BCUT2D eigenvalue weighted by Crippen LogP contribution is -1.90. The smallest absolute Gasteiger partial charge is 0.225 e. The van der Waals surface area contributed by atoms with Gasteiger partial charge in [-0.2, -0.15) is 0 Å². The van der Waals surface area contributed by atoms with Gasteiger partial charge < -0.3 is 10.3 Å². The Morgan fingerprint density at radius 2 is 2.25 bits per heavy atom. The maximum Gasteiger partial charge on any atom is 0.225 e. The minimum atomic E-state index is 0.374. The van der Waals surface area contributed by atoms with Crippen molar-refractivity contribution < 1.29 is 4.52 Å². The number of anilines is 1. The third-order valence-electron chi connectivity index (χ3n) is 2.36. The number of hydrogen-bond donors (Lipinski definition) is 1. The third-order valence-corrected chi connectivity index (χ3v) is 3.25. The van der Waals surface area contributed by atoms with Crippen molar-refractivity contribution in [1.29, 1.82) is 0 Å². The molecule has 0 aliphatic carbocycles. The largest absolute Gasteiger partial charge is 0.367 e. The molecule has 2 aromatic rings. The second kappa shape index (κ2) is 4.47. The van der Waals surface area contributed by atoms with Crippen LogP contribution >= 0.6 is 27.5 Å². The number of benzene rings is 1. The number of rotatable bonds is 2. The number of nitrogens with zero attached hydrogens (tertiary/aromatic N) is 1. The maximum atomic E-state index is 5.88. The van der Waals surface area contributed by atoms with Gasteiger partial charge in [0, 0.05) is 20.6 Å². The van der Waals surface area contributed by atoms with Crippen LogP contribution in [0.15, 0.2) is 27.2 Å². The van der Waals surface area contributed by atoms with Crippen molar-refractivity contribution in [3.05, 3.63) is 33.3 Å². The van der Waals surface area contributed by atoms with E-state index in [1.165, 1.54) is 0 Å². The number of nitrogen functional groups attached to an aromatic ring is 1. The highest BCUT2D eigenvalue weighted by Gasteiger charge is 2.15. The fourth-order valence-corrected chi connectivity index (χ4v) is 2.43. The third kappa shape index (κ3) is 1.95. The Hall–Kier alpha value is -1.00. The first-order valence-corrected chi connectivity index (χ1v) is 6.00. The number of halogens is 2. The molecule has 0 atom stereocenters. The molecule has 0 aliphatic heterocycles. The van der Waals surface area contributed by atoms with Crippen LogP contribution in [0.3, 0.4) is 0 Å². The molecule has 1 aromatic carbocycles. The van der Waals surface area contributed by atoms with Gasteiger partial charge in [0.1, 0.15) is 5.69 Å². The molecule has 0 saturated carbocycles. The lowest BCUT2D eigenvalue weighted by molar-refractivity contribution is 0.438. The molecule has 0 spiro atoms. The Balaban J connectivity index is 2.58. The zero-order chi connectivity index (χ0) is 11.7. The SMILES string of the molecule is CCc1c(-c2ccc(Cl)cc2Br)noc1N. The Morgan fingerprint density at radius 3 is 2.88 bits per heavy atom. The van der Waals surface area contributed by atoms with Crippen LogP contribution in [0, 0.1) is 0 Å². The summed E-state index contributed by atoms with van der Waals surface area (Å²) in [6.07, 6.45) is 0.778. The van der Waals surface area contributed by atoms with Crippen LogP contribution in [-0.4, -0.2) is 5.16 Å². The van der Waals surface area contributed by atoms with Gasteiger partial charge >= 0.3 is 0 Å². The number of aromatic nitrogens is 1. The first-order valence-electron chi connectivity index (χ1n) is 4.83. The van der Waals surface area contributed by atoms with E-state index in [2.05, 4.69) is 21.1 Å². The van der Waals surface area contributed by atoms with E-state index in [0.29, 0.717) is 10.9 Å². The Kier molecular flexibility index (Phi) is 3.21. The summed E-state index contributed by atoms with van der Waals surface area (Å²) in [6.45, 7) is 2.01. The Morgan fingerprint density at radius 1 is 1.50 bits per heavy atom. The molecule has 0 unspecified atom stereocenters.